The van der Waals surface area contributed by atoms with Crippen LogP contribution in [0.5, 0.6) is 0 Å². The number of amides is 1. The Labute approximate surface area is 159 Å². The summed E-state index contributed by atoms with van der Waals surface area (Å²) in [5, 5.41) is 15.2. The number of hydrogen-bond donors (Lipinski definition) is 2. The van der Waals surface area contributed by atoms with Crippen LogP contribution in [0.2, 0.25) is 0 Å². The number of terminal acetylenes is 1. The number of nitrogens with zero attached hydrogens (tertiary/aromatic N) is 1. The molecule has 2 aromatic rings. The van der Waals surface area contributed by atoms with Crippen LogP contribution in [-0.2, 0) is 10.2 Å². The lowest BCUT2D eigenvalue weighted by Crippen LogP contribution is -2.36. The van der Waals surface area contributed by atoms with Crippen molar-refractivity contribution in [3.05, 3.63) is 50.4 Å². The normalized spacial score (nSPS) is 17.8. The number of carbonyl (C=O) groups is 1. The maximum absolute atomic E-state index is 12.0. The number of carbonyl (C=O) groups excluding carboxylic acids is 1. The Morgan fingerprint density at radius 2 is 2.16 bits per heavy atom. The van der Waals surface area contributed by atoms with E-state index in [2.05, 4.69) is 32.2 Å². The first-order valence-corrected chi connectivity index (χ1v) is 9.79. The van der Waals surface area contributed by atoms with E-state index in [-0.39, 0.29) is 11.8 Å². The van der Waals surface area contributed by atoms with Gasteiger partial charge in [-0.3, -0.25) is 4.79 Å². The minimum Gasteiger partial charge on any atom is -0.367 e. The molecule has 130 valence electrons. The van der Waals surface area contributed by atoms with E-state index in [0.717, 1.165) is 29.3 Å². The molecule has 1 saturated carbocycles. The van der Waals surface area contributed by atoms with Crippen LogP contribution in [-0.4, -0.2) is 16.0 Å². The van der Waals surface area contributed by atoms with Gasteiger partial charge >= 0.3 is 0 Å². The van der Waals surface area contributed by atoms with E-state index >= 15 is 0 Å². The summed E-state index contributed by atoms with van der Waals surface area (Å²) in [5.41, 5.74) is 0.935. The number of rotatable bonds is 5. The van der Waals surface area contributed by atoms with Crippen LogP contribution in [0.4, 0.5) is 0 Å². The van der Waals surface area contributed by atoms with E-state index in [1.54, 1.807) is 0 Å². The second-order valence-corrected chi connectivity index (χ2v) is 8.19. The van der Waals surface area contributed by atoms with Gasteiger partial charge in [0.05, 0.1) is 11.1 Å². The van der Waals surface area contributed by atoms with Crippen LogP contribution in [0.3, 0.4) is 0 Å². The van der Waals surface area contributed by atoms with E-state index < -0.39 is 11.6 Å². The van der Waals surface area contributed by atoms with Crippen molar-refractivity contribution in [1.82, 2.24) is 10.3 Å². The maximum Gasteiger partial charge on any atom is 0.225 e. The summed E-state index contributed by atoms with van der Waals surface area (Å²) >= 11 is 4.72. The fourth-order valence-corrected chi connectivity index (χ4v) is 3.84. The van der Waals surface area contributed by atoms with Crippen molar-refractivity contribution < 1.29 is 9.90 Å². The third-order valence-electron chi connectivity index (χ3n) is 4.73. The lowest BCUT2D eigenvalue weighted by molar-refractivity contribution is -0.130. The molecule has 1 amide bonds. The van der Waals surface area contributed by atoms with Gasteiger partial charge in [0.1, 0.15) is 5.01 Å². The SMILES string of the molecule is C#C[C@](C)(c1ccc(Br)cc1)c1csc([C@@H](O)NC(=O)C2CCC2)n1. The average molecular weight is 419 g/mol. The van der Waals surface area contributed by atoms with Crippen LogP contribution in [0, 0.1) is 18.3 Å². The van der Waals surface area contributed by atoms with E-state index in [1.807, 2.05) is 36.6 Å². The van der Waals surface area contributed by atoms with Crippen molar-refractivity contribution in [3.8, 4) is 12.3 Å². The Morgan fingerprint density at radius 1 is 1.48 bits per heavy atom. The van der Waals surface area contributed by atoms with Crippen LogP contribution >= 0.6 is 27.3 Å². The maximum atomic E-state index is 12.0. The fraction of sp³-hybridized carbons (Fsp3) is 0.368. The second-order valence-electron chi connectivity index (χ2n) is 6.39. The molecule has 1 aromatic carbocycles. The first-order valence-electron chi connectivity index (χ1n) is 8.12. The molecule has 2 N–H and O–H groups in total. The molecule has 1 heterocycles. The Morgan fingerprint density at radius 3 is 2.72 bits per heavy atom. The molecule has 1 fully saturated rings. The average Bonchev–Trinajstić information content (AvgIpc) is 3.03. The monoisotopic (exact) mass is 418 g/mol. The number of benzene rings is 1. The zero-order valence-electron chi connectivity index (χ0n) is 13.8. The molecule has 0 bridgehead atoms. The molecule has 0 saturated heterocycles. The van der Waals surface area contributed by atoms with Crippen molar-refractivity contribution in [2.75, 3.05) is 0 Å². The molecule has 4 nitrogen and oxygen atoms in total. The van der Waals surface area contributed by atoms with Gasteiger partial charge in [-0.2, -0.15) is 0 Å². The number of hydrogen-bond acceptors (Lipinski definition) is 4. The molecule has 25 heavy (non-hydrogen) atoms. The van der Waals surface area contributed by atoms with Crippen LogP contribution in [0.15, 0.2) is 34.1 Å². The van der Waals surface area contributed by atoms with Crippen LogP contribution in [0.25, 0.3) is 0 Å². The van der Waals surface area contributed by atoms with Gasteiger partial charge in [0.2, 0.25) is 5.91 Å². The van der Waals surface area contributed by atoms with Gasteiger partial charge in [0.15, 0.2) is 6.23 Å². The molecular formula is C19H19BrN2O2S. The molecule has 1 aromatic heterocycles. The predicted octanol–water partition coefficient (Wildman–Crippen LogP) is 3.75. The van der Waals surface area contributed by atoms with E-state index in [1.165, 1.54) is 11.3 Å². The lowest BCUT2D eigenvalue weighted by Gasteiger charge is -2.25. The Kier molecular flexibility index (Phi) is 5.28. The number of halogens is 1. The van der Waals surface area contributed by atoms with E-state index in [0.29, 0.717) is 10.7 Å². The van der Waals surface area contributed by atoms with Gasteiger partial charge in [-0.1, -0.05) is 40.4 Å². The number of nitrogens with one attached hydrogen (secondary N) is 1. The van der Waals surface area contributed by atoms with Gasteiger partial charge in [-0.05, 0) is 37.5 Å². The van der Waals surface area contributed by atoms with Crippen molar-refractivity contribution in [1.29, 1.82) is 0 Å². The minimum atomic E-state index is -1.10. The number of thiazole rings is 1. The summed E-state index contributed by atoms with van der Waals surface area (Å²) in [6.45, 7) is 1.92. The predicted molar refractivity (Wildman–Crippen MR) is 102 cm³/mol. The fourth-order valence-electron chi connectivity index (χ4n) is 2.72. The highest BCUT2D eigenvalue weighted by atomic mass is 79.9. The smallest absolute Gasteiger partial charge is 0.225 e. The largest absolute Gasteiger partial charge is 0.367 e. The summed E-state index contributed by atoms with van der Waals surface area (Å²) in [7, 11) is 0. The molecule has 1 aliphatic carbocycles. The van der Waals surface area contributed by atoms with Gasteiger partial charge in [0, 0.05) is 15.8 Å². The Bertz CT molecular complexity index is 808. The molecule has 0 unspecified atom stereocenters. The van der Waals surface area contributed by atoms with Gasteiger partial charge in [-0.25, -0.2) is 4.98 Å². The molecule has 0 radical (unpaired) electrons. The summed E-state index contributed by atoms with van der Waals surface area (Å²) in [4.78, 5) is 16.5. The molecular weight excluding hydrogens is 400 g/mol. The van der Waals surface area contributed by atoms with E-state index in [9.17, 15) is 9.90 Å². The quantitative estimate of drug-likeness (QED) is 0.573. The molecule has 6 heteroatoms. The topological polar surface area (TPSA) is 62.2 Å². The Balaban J connectivity index is 1.80. The van der Waals surface area contributed by atoms with Gasteiger partial charge < -0.3 is 10.4 Å². The summed E-state index contributed by atoms with van der Waals surface area (Å²) in [6, 6.07) is 7.79. The van der Waals surface area contributed by atoms with Gasteiger partial charge in [-0.15, -0.1) is 17.8 Å². The molecule has 1 aliphatic rings. The van der Waals surface area contributed by atoms with Crippen molar-refractivity contribution in [2.24, 2.45) is 5.92 Å². The first-order chi connectivity index (χ1) is 11.9. The molecule has 0 aliphatic heterocycles. The zero-order chi connectivity index (χ0) is 18.0. The van der Waals surface area contributed by atoms with Gasteiger partial charge in [0.25, 0.3) is 0 Å². The molecule has 0 spiro atoms. The number of aromatic nitrogens is 1. The summed E-state index contributed by atoms with van der Waals surface area (Å²) in [6.07, 6.45) is 7.56. The highest BCUT2D eigenvalue weighted by Gasteiger charge is 2.31. The third kappa shape index (κ3) is 3.64. The lowest BCUT2D eigenvalue weighted by atomic mass is 9.81. The third-order valence-corrected chi connectivity index (χ3v) is 6.16. The number of aliphatic hydroxyl groups excluding tert-OH is 1. The Hall–Kier alpha value is -1.68. The van der Waals surface area contributed by atoms with E-state index in [4.69, 9.17) is 6.42 Å². The summed E-state index contributed by atoms with van der Waals surface area (Å²) in [5.74, 6) is 2.73. The number of aliphatic hydroxyl groups is 1. The van der Waals surface area contributed by atoms with Crippen molar-refractivity contribution in [2.45, 2.75) is 37.8 Å². The van der Waals surface area contributed by atoms with Crippen LogP contribution < -0.4 is 5.32 Å². The standard InChI is InChI=1S/C19H19BrN2O2S/c1-3-19(2,13-7-9-14(20)10-8-13)15-11-25-18(21-15)17(24)22-16(23)12-5-4-6-12/h1,7-12,17,24H,4-6H2,2H3,(H,22,23)/t17-,19-/m1/s1. The van der Waals surface area contributed by atoms with Crippen LogP contribution in [0.1, 0.15) is 48.7 Å². The molecule has 2 atom stereocenters. The minimum absolute atomic E-state index is 0.0211. The highest BCUT2D eigenvalue weighted by molar-refractivity contribution is 9.10. The summed E-state index contributed by atoms with van der Waals surface area (Å²) < 4.78 is 0.976. The molecule has 3 rings (SSSR count). The zero-order valence-corrected chi connectivity index (χ0v) is 16.2. The highest BCUT2D eigenvalue weighted by Crippen LogP contribution is 2.34. The van der Waals surface area contributed by atoms with Crippen molar-refractivity contribution >= 4 is 33.2 Å². The van der Waals surface area contributed by atoms with Crippen molar-refractivity contribution in [3.63, 3.8) is 0 Å². The first kappa shape index (κ1) is 18.1. The second kappa shape index (κ2) is 7.28.